The molecule has 1 aromatic rings. The van der Waals surface area contributed by atoms with Crippen LogP contribution in [0, 0.1) is 17.8 Å². The summed E-state index contributed by atoms with van der Waals surface area (Å²) < 4.78 is 2.11. The van der Waals surface area contributed by atoms with Crippen molar-refractivity contribution in [3.8, 4) is 0 Å². The van der Waals surface area contributed by atoms with Crippen LogP contribution in [-0.4, -0.2) is 15.0 Å². The van der Waals surface area contributed by atoms with Gasteiger partial charge in [-0.25, -0.2) is 4.68 Å². The summed E-state index contributed by atoms with van der Waals surface area (Å²) in [6.07, 6.45) is 9.56. The fourth-order valence-electron chi connectivity index (χ4n) is 2.36. The molecule has 0 bridgehead atoms. The van der Waals surface area contributed by atoms with Gasteiger partial charge < -0.3 is 0 Å². The first kappa shape index (κ1) is 17.2. The second-order valence-corrected chi connectivity index (χ2v) is 6.95. The standard InChI is InChI=1S/C17H33N3/c1-14(2)9-7-6-8-10-17-13-18-19-20(17)12-11-16(5)15(3)4/h13-16H,6-12H2,1-5H3. The molecule has 0 saturated carbocycles. The van der Waals surface area contributed by atoms with E-state index in [2.05, 4.69) is 49.6 Å². The Bertz CT molecular complexity index is 355. The molecule has 1 aromatic heterocycles. The van der Waals surface area contributed by atoms with Crippen molar-refractivity contribution in [2.24, 2.45) is 17.8 Å². The van der Waals surface area contributed by atoms with E-state index in [-0.39, 0.29) is 0 Å². The van der Waals surface area contributed by atoms with Gasteiger partial charge in [-0.15, -0.1) is 5.10 Å². The van der Waals surface area contributed by atoms with Crippen molar-refractivity contribution in [1.29, 1.82) is 0 Å². The molecule has 3 heteroatoms. The molecule has 1 unspecified atom stereocenters. The van der Waals surface area contributed by atoms with Gasteiger partial charge in [0.1, 0.15) is 0 Å². The zero-order chi connectivity index (χ0) is 15.0. The van der Waals surface area contributed by atoms with Crippen molar-refractivity contribution in [1.82, 2.24) is 15.0 Å². The van der Waals surface area contributed by atoms with Crippen molar-refractivity contribution in [2.75, 3.05) is 0 Å². The minimum atomic E-state index is 0.748. The van der Waals surface area contributed by atoms with Crippen LogP contribution in [0.15, 0.2) is 6.20 Å². The fourth-order valence-corrected chi connectivity index (χ4v) is 2.36. The number of rotatable bonds is 10. The summed E-state index contributed by atoms with van der Waals surface area (Å²) in [5.41, 5.74) is 1.31. The van der Waals surface area contributed by atoms with Crippen LogP contribution in [-0.2, 0) is 13.0 Å². The highest BCUT2D eigenvalue weighted by Gasteiger charge is 2.09. The van der Waals surface area contributed by atoms with Crippen molar-refractivity contribution in [2.45, 2.75) is 79.7 Å². The highest BCUT2D eigenvalue weighted by molar-refractivity contribution is 4.94. The largest absolute Gasteiger partial charge is 0.249 e. The molecule has 116 valence electrons. The third-order valence-electron chi connectivity index (χ3n) is 4.35. The van der Waals surface area contributed by atoms with Crippen LogP contribution in [0.2, 0.25) is 0 Å². The molecule has 0 aliphatic carbocycles. The van der Waals surface area contributed by atoms with E-state index in [1.54, 1.807) is 0 Å². The predicted molar refractivity (Wildman–Crippen MR) is 85.7 cm³/mol. The molecule has 0 aromatic carbocycles. The summed E-state index contributed by atoms with van der Waals surface area (Å²) in [5.74, 6) is 2.33. The predicted octanol–water partition coefficient (Wildman–Crippen LogP) is 4.72. The highest BCUT2D eigenvalue weighted by Crippen LogP contribution is 2.16. The van der Waals surface area contributed by atoms with Crippen molar-refractivity contribution in [3.63, 3.8) is 0 Å². The maximum absolute atomic E-state index is 4.24. The summed E-state index contributed by atoms with van der Waals surface area (Å²) in [6, 6.07) is 0. The summed E-state index contributed by atoms with van der Waals surface area (Å²) in [7, 11) is 0. The molecule has 1 heterocycles. The maximum Gasteiger partial charge on any atom is 0.0725 e. The van der Waals surface area contributed by atoms with Gasteiger partial charge in [-0.2, -0.15) is 0 Å². The number of hydrogen-bond donors (Lipinski definition) is 0. The summed E-state index contributed by atoms with van der Waals surface area (Å²) in [4.78, 5) is 0. The molecule has 1 rings (SSSR count). The first-order valence-corrected chi connectivity index (χ1v) is 8.38. The molecule has 20 heavy (non-hydrogen) atoms. The van der Waals surface area contributed by atoms with Crippen molar-refractivity contribution < 1.29 is 0 Å². The molecule has 1 atom stereocenters. The summed E-state index contributed by atoms with van der Waals surface area (Å²) >= 11 is 0. The number of unbranched alkanes of at least 4 members (excludes halogenated alkanes) is 2. The Labute approximate surface area is 125 Å². The van der Waals surface area contributed by atoms with E-state index in [0.29, 0.717) is 0 Å². The Balaban J connectivity index is 2.28. The van der Waals surface area contributed by atoms with Crippen LogP contribution in [0.4, 0.5) is 0 Å². The van der Waals surface area contributed by atoms with Gasteiger partial charge >= 0.3 is 0 Å². The third-order valence-corrected chi connectivity index (χ3v) is 4.35. The minimum absolute atomic E-state index is 0.748. The Morgan fingerprint density at radius 1 is 1.00 bits per heavy atom. The normalized spacial score (nSPS) is 13.3. The van der Waals surface area contributed by atoms with E-state index in [4.69, 9.17) is 0 Å². The Morgan fingerprint density at radius 3 is 2.40 bits per heavy atom. The molecule has 0 spiro atoms. The highest BCUT2D eigenvalue weighted by atomic mass is 15.4. The molecular weight excluding hydrogens is 246 g/mol. The lowest BCUT2D eigenvalue weighted by Gasteiger charge is -2.15. The van der Waals surface area contributed by atoms with Crippen LogP contribution in [0.25, 0.3) is 0 Å². The lowest BCUT2D eigenvalue weighted by Crippen LogP contribution is -2.12. The summed E-state index contributed by atoms with van der Waals surface area (Å²) in [6.45, 7) is 12.5. The van der Waals surface area contributed by atoms with Crippen LogP contribution >= 0.6 is 0 Å². The SMILES string of the molecule is CC(C)CCCCCc1cnnn1CCC(C)C(C)C. The van der Waals surface area contributed by atoms with Gasteiger partial charge in [0, 0.05) is 6.54 Å². The number of hydrogen-bond acceptors (Lipinski definition) is 2. The van der Waals surface area contributed by atoms with Gasteiger partial charge in [0.25, 0.3) is 0 Å². The molecule has 0 fully saturated rings. The quantitative estimate of drug-likeness (QED) is 0.580. The van der Waals surface area contributed by atoms with Gasteiger partial charge in [0.05, 0.1) is 11.9 Å². The Morgan fingerprint density at radius 2 is 1.75 bits per heavy atom. The number of aromatic nitrogens is 3. The van der Waals surface area contributed by atoms with Crippen LogP contribution < -0.4 is 0 Å². The number of nitrogens with zero attached hydrogens (tertiary/aromatic N) is 3. The van der Waals surface area contributed by atoms with E-state index >= 15 is 0 Å². The molecule has 0 amide bonds. The minimum Gasteiger partial charge on any atom is -0.249 e. The van der Waals surface area contributed by atoms with E-state index < -0.39 is 0 Å². The van der Waals surface area contributed by atoms with Gasteiger partial charge in [-0.3, -0.25) is 0 Å². The molecule has 0 aliphatic heterocycles. The van der Waals surface area contributed by atoms with Crippen LogP contribution in [0.5, 0.6) is 0 Å². The topological polar surface area (TPSA) is 30.7 Å². The first-order valence-electron chi connectivity index (χ1n) is 8.38. The second kappa shape index (κ2) is 9.15. The third kappa shape index (κ3) is 6.53. The second-order valence-electron chi connectivity index (χ2n) is 6.95. The van der Waals surface area contributed by atoms with Gasteiger partial charge in [0.15, 0.2) is 0 Å². The zero-order valence-corrected chi connectivity index (χ0v) is 14.1. The average Bonchev–Trinajstić information content (AvgIpc) is 2.82. The molecule has 0 N–H and O–H groups in total. The molecule has 0 aliphatic rings. The molecule has 0 radical (unpaired) electrons. The van der Waals surface area contributed by atoms with E-state index in [9.17, 15) is 0 Å². The van der Waals surface area contributed by atoms with Crippen molar-refractivity contribution in [3.05, 3.63) is 11.9 Å². The fraction of sp³-hybridized carbons (Fsp3) is 0.882. The molecular formula is C17H33N3. The lowest BCUT2D eigenvalue weighted by atomic mass is 9.95. The van der Waals surface area contributed by atoms with Gasteiger partial charge in [0.2, 0.25) is 0 Å². The molecule has 0 saturated heterocycles. The van der Waals surface area contributed by atoms with Crippen LogP contribution in [0.1, 0.15) is 72.4 Å². The Hall–Kier alpha value is -0.860. The van der Waals surface area contributed by atoms with Gasteiger partial charge in [-0.05, 0) is 37.0 Å². The average molecular weight is 279 g/mol. The van der Waals surface area contributed by atoms with E-state index in [0.717, 1.165) is 30.7 Å². The van der Waals surface area contributed by atoms with E-state index in [1.165, 1.54) is 37.8 Å². The van der Waals surface area contributed by atoms with E-state index in [1.807, 2.05) is 6.20 Å². The smallest absolute Gasteiger partial charge is 0.0725 e. The first-order chi connectivity index (χ1) is 9.50. The molecule has 3 nitrogen and oxygen atoms in total. The summed E-state index contributed by atoms with van der Waals surface area (Å²) in [5, 5.41) is 8.33. The van der Waals surface area contributed by atoms with Crippen molar-refractivity contribution >= 4 is 0 Å². The lowest BCUT2D eigenvalue weighted by molar-refractivity contribution is 0.355. The zero-order valence-electron chi connectivity index (χ0n) is 14.1. The van der Waals surface area contributed by atoms with Crippen LogP contribution in [0.3, 0.4) is 0 Å². The Kier molecular flexibility index (Phi) is 7.86. The van der Waals surface area contributed by atoms with Gasteiger partial charge in [-0.1, -0.05) is 59.1 Å². The monoisotopic (exact) mass is 279 g/mol. The number of aryl methyl sites for hydroxylation is 2. The maximum atomic E-state index is 4.24.